The highest BCUT2D eigenvalue weighted by Crippen LogP contribution is 2.35. The first-order valence-corrected chi connectivity index (χ1v) is 7.60. The molecule has 104 valence electrons. The van der Waals surface area contributed by atoms with Crippen molar-refractivity contribution in [2.45, 2.75) is 32.6 Å². The van der Waals surface area contributed by atoms with Gasteiger partial charge in [0.25, 0.3) is 0 Å². The number of hydrogen-bond donors (Lipinski definition) is 0. The van der Waals surface area contributed by atoms with Gasteiger partial charge < -0.3 is 0 Å². The van der Waals surface area contributed by atoms with Gasteiger partial charge in [0.05, 0.1) is 0 Å². The fraction of sp³-hybridized carbons (Fsp3) is 0.278. The molecule has 0 bridgehead atoms. The summed E-state index contributed by atoms with van der Waals surface area (Å²) < 4.78 is 0. The van der Waals surface area contributed by atoms with Crippen LogP contribution in [0.25, 0.3) is 0 Å². The Morgan fingerprint density at radius 3 is 2.70 bits per heavy atom. The summed E-state index contributed by atoms with van der Waals surface area (Å²) in [5.41, 5.74) is 4.93. The second-order valence-electron chi connectivity index (χ2n) is 5.27. The van der Waals surface area contributed by atoms with Gasteiger partial charge in [0.15, 0.2) is 0 Å². The van der Waals surface area contributed by atoms with Crippen molar-refractivity contribution in [2.75, 3.05) is 0 Å². The Morgan fingerprint density at radius 1 is 1.30 bits per heavy atom. The zero-order valence-corrected chi connectivity index (χ0v) is 13.5. The van der Waals surface area contributed by atoms with Crippen molar-refractivity contribution >= 4 is 28.7 Å². The van der Waals surface area contributed by atoms with E-state index in [4.69, 9.17) is 23.8 Å². The Kier molecular flexibility index (Phi) is 4.95. The van der Waals surface area contributed by atoms with Gasteiger partial charge in [-0.05, 0) is 60.9 Å². The molecule has 0 fully saturated rings. The Morgan fingerprint density at radius 2 is 2.05 bits per heavy atom. The van der Waals surface area contributed by atoms with E-state index in [-0.39, 0.29) is 0 Å². The van der Waals surface area contributed by atoms with E-state index < -0.39 is 0 Å². The molecule has 0 heterocycles. The third kappa shape index (κ3) is 3.28. The smallest absolute Gasteiger partial charge is 0.0438 e. The number of halogens is 1. The van der Waals surface area contributed by atoms with Crippen LogP contribution in [0.1, 0.15) is 35.4 Å². The van der Waals surface area contributed by atoms with E-state index >= 15 is 0 Å². The Bertz CT molecular complexity index is 608. The lowest BCUT2D eigenvalue weighted by Gasteiger charge is -2.24. The van der Waals surface area contributed by atoms with Gasteiger partial charge in [-0.1, -0.05) is 60.8 Å². The predicted octanol–water partition coefficient (Wildman–Crippen LogP) is 5.87. The van der Waals surface area contributed by atoms with Crippen molar-refractivity contribution in [3.05, 3.63) is 70.3 Å². The predicted molar refractivity (Wildman–Crippen MR) is 92.9 cm³/mol. The van der Waals surface area contributed by atoms with Crippen LogP contribution >= 0.6 is 23.8 Å². The lowest BCUT2D eigenvalue weighted by Crippen LogP contribution is -2.13. The van der Waals surface area contributed by atoms with Gasteiger partial charge in [0.2, 0.25) is 0 Å². The minimum absolute atomic E-state index is 0.472. The highest BCUT2D eigenvalue weighted by Gasteiger charge is 2.21. The number of hydrogen-bond acceptors (Lipinski definition) is 1. The summed E-state index contributed by atoms with van der Waals surface area (Å²) in [6.07, 6.45) is 9.97. The van der Waals surface area contributed by atoms with E-state index in [2.05, 4.69) is 38.6 Å². The fourth-order valence-corrected chi connectivity index (χ4v) is 3.19. The molecule has 1 atom stereocenters. The van der Waals surface area contributed by atoms with E-state index in [0.717, 1.165) is 28.3 Å². The first-order chi connectivity index (χ1) is 9.52. The summed E-state index contributed by atoms with van der Waals surface area (Å²) in [5.74, 6) is 0.472. The molecule has 0 aromatic heterocycles. The molecular weight excluding hydrogens is 284 g/mol. The quantitative estimate of drug-likeness (QED) is 0.497. The summed E-state index contributed by atoms with van der Waals surface area (Å²) in [6.45, 7) is 7.87. The molecule has 1 aliphatic rings. The standard InChI is InChI=1S/C18H19ClS/c1-4-5-6-14-7-8-15(11-18(14)20)16-9-13(3)17(19)10-12(16)2/h4-7,9-10,15H,1,8,11H2,2-3H3/b6-5-. The molecular formula is C18H19ClS. The normalized spacial score (nSPS) is 19.2. The minimum atomic E-state index is 0.472. The molecule has 20 heavy (non-hydrogen) atoms. The molecule has 0 amide bonds. The maximum atomic E-state index is 6.18. The number of allylic oxidation sites excluding steroid dienone is 5. The Balaban J connectivity index is 2.27. The summed E-state index contributed by atoms with van der Waals surface area (Å²) >= 11 is 11.7. The topological polar surface area (TPSA) is 0 Å². The molecule has 0 nitrogen and oxygen atoms in total. The molecule has 1 unspecified atom stereocenters. The van der Waals surface area contributed by atoms with Crippen molar-refractivity contribution < 1.29 is 0 Å². The van der Waals surface area contributed by atoms with Gasteiger partial charge in [-0.3, -0.25) is 0 Å². The van der Waals surface area contributed by atoms with Crippen molar-refractivity contribution in [3.63, 3.8) is 0 Å². The summed E-state index contributed by atoms with van der Waals surface area (Å²) in [7, 11) is 0. The first kappa shape index (κ1) is 15.2. The van der Waals surface area contributed by atoms with E-state index in [9.17, 15) is 0 Å². The lowest BCUT2D eigenvalue weighted by atomic mass is 9.82. The third-order valence-corrected chi connectivity index (χ3v) is 4.58. The largest absolute Gasteiger partial charge is 0.0991 e. The second-order valence-corrected chi connectivity index (χ2v) is 6.17. The van der Waals surface area contributed by atoms with Crippen LogP contribution in [0.5, 0.6) is 0 Å². The van der Waals surface area contributed by atoms with Gasteiger partial charge in [-0.15, -0.1) is 0 Å². The molecule has 0 radical (unpaired) electrons. The van der Waals surface area contributed by atoms with E-state index in [1.54, 1.807) is 6.08 Å². The zero-order valence-electron chi connectivity index (χ0n) is 11.9. The van der Waals surface area contributed by atoms with E-state index in [1.165, 1.54) is 16.7 Å². The van der Waals surface area contributed by atoms with Gasteiger partial charge in [-0.25, -0.2) is 0 Å². The molecule has 1 aromatic rings. The Hall–Kier alpha value is -1.18. The summed E-state index contributed by atoms with van der Waals surface area (Å²) in [6, 6.07) is 4.27. The minimum Gasteiger partial charge on any atom is -0.0991 e. The molecule has 0 aliphatic heterocycles. The van der Waals surface area contributed by atoms with Gasteiger partial charge in [0.1, 0.15) is 0 Å². The molecule has 1 aromatic carbocycles. The summed E-state index contributed by atoms with van der Waals surface area (Å²) in [5, 5.41) is 0.842. The molecule has 0 spiro atoms. The van der Waals surface area contributed by atoms with E-state index in [0.29, 0.717) is 5.92 Å². The van der Waals surface area contributed by atoms with Crippen molar-refractivity contribution in [1.82, 2.24) is 0 Å². The molecule has 1 aliphatic carbocycles. The van der Waals surface area contributed by atoms with Crippen LogP contribution in [0.3, 0.4) is 0 Å². The van der Waals surface area contributed by atoms with Gasteiger partial charge in [0, 0.05) is 9.89 Å². The molecule has 0 saturated heterocycles. The van der Waals surface area contributed by atoms with Crippen LogP contribution in [0, 0.1) is 13.8 Å². The Labute approximate surface area is 131 Å². The molecule has 0 N–H and O–H groups in total. The third-order valence-electron chi connectivity index (χ3n) is 3.78. The van der Waals surface area contributed by atoms with Crippen LogP contribution in [-0.4, -0.2) is 4.86 Å². The van der Waals surface area contributed by atoms with Crippen LogP contribution < -0.4 is 0 Å². The molecule has 2 heteroatoms. The fourth-order valence-electron chi connectivity index (χ4n) is 2.62. The number of benzene rings is 1. The van der Waals surface area contributed by atoms with Crippen LogP contribution in [0.4, 0.5) is 0 Å². The van der Waals surface area contributed by atoms with Crippen molar-refractivity contribution in [3.8, 4) is 0 Å². The average Bonchev–Trinajstić information content (AvgIpc) is 2.41. The van der Waals surface area contributed by atoms with Gasteiger partial charge >= 0.3 is 0 Å². The zero-order chi connectivity index (χ0) is 14.7. The number of aryl methyl sites for hydroxylation is 2. The van der Waals surface area contributed by atoms with E-state index in [1.807, 2.05) is 12.2 Å². The van der Waals surface area contributed by atoms with Crippen LogP contribution in [0.15, 0.2) is 48.6 Å². The SMILES string of the molecule is C=C/C=C\C1=CCC(c2cc(C)c(Cl)cc2C)CC1=S. The molecule has 2 rings (SSSR count). The first-order valence-electron chi connectivity index (χ1n) is 6.82. The maximum Gasteiger partial charge on any atom is 0.0438 e. The molecule has 0 saturated carbocycles. The monoisotopic (exact) mass is 302 g/mol. The van der Waals surface area contributed by atoms with Crippen LogP contribution in [0.2, 0.25) is 5.02 Å². The lowest BCUT2D eigenvalue weighted by molar-refractivity contribution is 0.717. The number of rotatable bonds is 3. The van der Waals surface area contributed by atoms with Gasteiger partial charge in [-0.2, -0.15) is 0 Å². The maximum absolute atomic E-state index is 6.18. The highest BCUT2D eigenvalue weighted by atomic mass is 35.5. The highest BCUT2D eigenvalue weighted by molar-refractivity contribution is 7.80. The number of thiocarbonyl (C=S) groups is 1. The summed E-state index contributed by atoms with van der Waals surface area (Å²) in [4.78, 5) is 1.03. The van der Waals surface area contributed by atoms with Crippen molar-refractivity contribution in [2.24, 2.45) is 0 Å². The van der Waals surface area contributed by atoms with Crippen molar-refractivity contribution in [1.29, 1.82) is 0 Å². The second kappa shape index (κ2) is 6.51. The van der Waals surface area contributed by atoms with Crippen LogP contribution in [-0.2, 0) is 0 Å². The average molecular weight is 303 g/mol.